The molecule has 0 unspecified atom stereocenters. The van der Waals surface area contributed by atoms with E-state index in [0.717, 1.165) is 5.56 Å². The number of hydrogen-bond acceptors (Lipinski definition) is 5. The molecule has 0 saturated carbocycles. The lowest BCUT2D eigenvalue weighted by Crippen LogP contribution is -2.34. The van der Waals surface area contributed by atoms with Crippen molar-refractivity contribution in [1.29, 1.82) is 5.26 Å². The van der Waals surface area contributed by atoms with Gasteiger partial charge in [0.05, 0.1) is 24.5 Å². The Hall–Kier alpha value is -1.91. The average molecular weight is 324 g/mol. The fourth-order valence-corrected chi connectivity index (χ4v) is 3.34. The topological polar surface area (TPSA) is 87.5 Å². The summed E-state index contributed by atoms with van der Waals surface area (Å²) in [7, 11) is -2.43. The monoisotopic (exact) mass is 324 g/mol. The van der Waals surface area contributed by atoms with Crippen molar-refractivity contribution in [1.82, 2.24) is 4.31 Å². The van der Waals surface area contributed by atoms with Crippen molar-refractivity contribution in [3.05, 3.63) is 29.8 Å². The molecule has 0 aliphatic carbocycles. The van der Waals surface area contributed by atoms with E-state index in [1.165, 1.54) is 11.4 Å². The standard InChI is InChI=1S/C15H20N2O4S/c1-13-5-7-14(8-6-13)22(19,20)17(11-4-3-10-16)12-9-15(18)21-2/h5-8H,3-4,9,11-12H2,1-2H3. The van der Waals surface area contributed by atoms with E-state index in [1.54, 1.807) is 24.3 Å². The Balaban J connectivity index is 2.93. The maximum Gasteiger partial charge on any atom is 0.306 e. The van der Waals surface area contributed by atoms with Gasteiger partial charge >= 0.3 is 5.97 Å². The first-order chi connectivity index (χ1) is 10.4. The third-order valence-electron chi connectivity index (χ3n) is 3.15. The largest absolute Gasteiger partial charge is 0.469 e. The molecule has 1 aromatic carbocycles. The highest BCUT2D eigenvalue weighted by molar-refractivity contribution is 7.89. The first kappa shape index (κ1) is 18.1. The molecule has 1 rings (SSSR count). The lowest BCUT2D eigenvalue weighted by atomic mass is 10.2. The number of benzene rings is 1. The van der Waals surface area contributed by atoms with Crippen LogP contribution in [0.15, 0.2) is 29.2 Å². The Morgan fingerprint density at radius 2 is 1.91 bits per heavy atom. The van der Waals surface area contributed by atoms with E-state index < -0.39 is 16.0 Å². The molecule has 0 aliphatic heterocycles. The summed E-state index contributed by atoms with van der Waals surface area (Å²) in [5, 5.41) is 8.59. The molecule has 0 radical (unpaired) electrons. The third kappa shape index (κ3) is 5.13. The maximum absolute atomic E-state index is 12.6. The van der Waals surface area contributed by atoms with Crippen molar-refractivity contribution in [2.75, 3.05) is 20.2 Å². The van der Waals surface area contributed by atoms with Gasteiger partial charge in [0.25, 0.3) is 0 Å². The number of hydrogen-bond donors (Lipinski definition) is 0. The summed E-state index contributed by atoms with van der Waals surface area (Å²) in [6, 6.07) is 8.51. The number of nitrogens with zero attached hydrogens (tertiary/aromatic N) is 2. The molecule has 0 spiro atoms. The normalized spacial score (nSPS) is 11.2. The molecule has 0 amide bonds. The Bertz CT molecular complexity index is 633. The number of carbonyl (C=O) groups is 1. The van der Waals surface area contributed by atoms with Gasteiger partial charge in [0.1, 0.15) is 0 Å². The van der Waals surface area contributed by atoms with E-state index in [2.05, 4.69) is 4.74 Å². The summed E-state index contributed by atoms with van der Waals surface area (Å²) in [6.45, 7) is 2.10. The van der Waals surface area contributed by atoms with E-state index in [-0.39, 0.29) is 30.8 Å². The first-order valence-corrected chi connectivity index (χ1v) is 8.36. The number of ether oxygens (including phenoxy) is 1. The van der Waals surface area contributed by atoms with Crippen LogP contribution in [0.25, 0.3) is 0 Å². The number of nitriles is 1. The molecule has 1 aromatic rings. The second-order valence-electron chi connectivity index (χ2n) is 4.80. The average Bonchev–Trinajstić information content (AvgIpc) is 2.50. The van der Waals surface area contributed by atoms with Crippen molar-refractivity contribution in [3.63, 3.8) is 0 Å². The number of unbranched alkanes of at least 4 members (excludes halogenated alkanes) is 1. The molecule has 0 aromatic heterocycles. The molecule has 0 aliphatic rings. The SMILES string of the molecule is COC(=O)CCN(CCCC#N)S(=O)(=O)c1ccc(C)cc1. The zero-order valence-electron chi connectivity index (χ0n) is 12.8. The quantitative estimate of drug-likeness (QED) is 0.538. The van der Waals surface area contributed by atoms with Crippen LogP contribution < -0.4 is 0 Å². The Labute approximate surface area is 131 Å². The third-order valence-corrected chi connectivity index (χ3v) is 5.06. The van der Waals surface area contributed by atoms with E-state index in [9.17, 15) is 13.2 Å². The fraction of sp³-hybridized carbons (Fsp3) is 0.467. The van der Waals surface area contributed by atoms with Crippen molar-refractivity contribution >= 4 is 16.0 Å². The predicted octanol–water partition coefficient (Wildman–Crippen LogP) is 1.85. The van der Waals surface area contributed by atoms with Crippen LogP contribution >= 0.6 is 0 Å². The zero-order chi connectivity index (χ0) is 16.6. The van der Waals surface area contributed by atoms with Crippen LogP contribution in [-0.2, 0) is 19.6 Å². The van der Waals surface area contributed by atoms with Gasteiger partial charge in [0, 0.05) is 19.5 Å². The van der Waals surface area contributed by atoms with Crippen LogP contribution in [0.3, 0.4) is 0 Å². The number of methoxy groups -OCH3 is 1. The van der Waals surface area contributed by atoms with E-state index in [4.69, 9.17) is 5.26 Å². The predicted molar refractivity (Wildman–Crippen MR) is 81.4 cm³/mol. The van der Waals surface area contributed by atoms with E-state index in [0.29, 0.717) is 6.42 Å². The van der Waals surface area contributed by atoms with Gasteiger partial charge in [0.15, 0.2) is 0 Å². The highest BCUT2D eigenvalue weighted by atomic mass is 32.2. The van der Waals surface area contributed by atoms with Gasteiger partial charge in [-0.3, -0.25) is 4.79 Å². The van der Waals surface area contributed by atoms with E-state index >= 15 is 0 Å². The first-order valence-electron chi connectivity index (χ1n) is 6.92. The Morgan fingerprint density at radius 1 is 1.27 bits per heavy atom. The van der Waals surface area contributed by atoms with Gasteiger partial charge in [-0.25, -0.2) is 8.42 Å². The fourth-order valence-electron chi connectivity index (χ4n) is 1.86. The smallest absolute Gasteiger partial charge is 0.306 e. The molecule has 6 nitrogen and oxygen atoms in total. The summed E-state index contributed by atoms with van der Waals surface area (Å²) in [5.74, 6) is -0.468. The summed E-state index contributed by atoms with van der Waals surface area (Å²) in [6.07, 6.45) is 0.662. The van der Waals surface area contributed by atoms with Gasteiger partial charge in [-0.2, -0.15) is 9.57 Å². The number of rotatable bonds is 8. The lowest BCUT2D eigenvalue weighted by Gasteiger charge is -2.21. The van der Waals surface area contributed by atoms with Crippen molar-refractivity contribution in [3.8, 4) is 6.07 Å². The van der Waals surface area contributed by atoms with Gasteiger partial charge < -0.3 is 4.74 Å². The summed E-state index contributed by atoms with van der Waals surface area (Å²) in [4.78, 5) is 11.4. The molecule has 120 valence electrons. The van der Waals surface area contributed by atoms with Crippen molar-refractivity contribution < 1.29 is 17.9 Å². The molecule has 0 bridgehead atoms. The van der Waals surface area contributed by atoms with Gasteiger partial charge in [-0.15, -0.1) is 0 Å². The zero-order valence-corrected chi connectivity index (χ0v) is 13.6. The summed E-state index contributed by atoms with van der Waals surface area (Å²) in [5.41, 5.74) is 0.963. The van der Waals surface area contributed by atoms with Crippen LogP contribution in [0.2, 0.25) is 0 Å². The molecule has 0 heterocycles. The molecule has 0 atom stereocenters. The van der Waals surface area contributed by atoms with Crippen LogP contribution in [0.1, 0.15) is 24.8 Å². The minimum Gasteiger partial charge on any atom is -0.469 e. The van der Waals surface area contributed by atoms with Crippen LogP contribution in [0.4, 0.5) is 0 Å². The molecule has 22 heavy (non-hydrogen) atoms. The van der Waals surface area contributed by atoms with Gasteiger partial charge in [-0.05, 0) is 25.5 Å². The summed E-state index contributed by atoms with van der Waals surface area (Å²) >= 11 is 0. The van der Waals surface area contributed by atoms with Crippen LogP contribution in [0.5, 0.6) is 0 Å². The highest BCUT2D eigenvalue weighted by Crippen LogP contribution is 2.17. The van der Waals surface area contributed by atoms with Crippen LogP contribution in [-0.4, -0.2) is 38.9 Å². The highest BCUT2D eigenvalue weighted by Gasteiger charge is 2.24. The maximum atomic E-state index is 12.6. The summed E-state index contributed by atoms with van der Waals surface area (Å²) < 4.78 is 31.0. The number of carbonyl (C=O) groups excluding carboxylic acids is 1. The second-order valence-corrected chi connectivity index (χ2v) is 6.74. The molecule has 0 saturated heterocycles. The molecule has 7 heteroatoms. The van der Waals surface area contributed by atoms with Crippen molar-refractivity contribution in [2.45, 2.75) is 31.1 Å². The Morgan fingerprint density at radius 3 is 2.45 bits per heavy atom. The van der Waals surface area contributed by atoms with E-state index in [1.807, 2.05) is 13.0 Å². The number of esters is 1. The Kier molecular flexibility index (Phi) is 7.02. The molecule has 0 N–H and O–H groups in total. The minimum atomic E-state index is -3.69. The van der Waals surface area contributed by atoms with Gasteiger partial charge in [0.2, 0.25) is 10.0 Å². The number of aryl methyl sites for hydroxylation is 1. The molecular formula is C15H20N2O4S. The van der Waals surface area contributed by atoms with Gasteiger partial charge in [-0.1, -0.05) is 17.7 Å². The molecular weight excluding hydrogens is 304 g/mol. The van der Waals surface area contributed by atoms with Crippen LogP contribution in [0, 0.1) is 18.3 Å². The van der Waals surface area contributed by atoms with Crippen molar-refractivity contribution in [2.24, 2.45) is 0 Å². The lowest BCUT2D eigenvalue weighted by molar-refractivity contribution is -0.140. The molecule has 0 fully saturated rings. The number of sulfonamides is 1. The second kappa shape index (κ2) is 8.51. The minimum absolute atomic E-state index is 0.0197.